The molecule has 90 valence electrons. The Hall–Kier alpha value is -1.06. The van der Waals surface area contributed by atoms with Gasteiger partial charge in [0.1, 0.15) is 17.2 Å². The van der Waals surface area contributed by atoms with Crippen molar-refractivity contribution in [3.63, 3.8) is 0 Å². The van der Waals surface area contributed by atoms with E-state index in [0.717, 1.165) is 0 Å². The van der Waals surface area contributed by atoms with Crippen molar-refractivity contribution in [3.8, 4) is 0 Å². The lowest BCUT2D eigenvalue weighted by Gasteiger charge is -2.21. The molecular weight excluding hydrogens is 210 g/mol. The van der Waals surface area contributed by atoms with E-state index in [1.165, 1.54) is 20.8 Å². The first-order chi connectivity index (χ1) is 7.03. The van der Waals surface area contributed by atoms with Gasteiger partial charge < -0.3 is 0 Å². The molecule has 1 aromatic rings. The van der Waals surface area contributed by atoms with Crippen molar-refractivity contribution in [1.82, 2.24) is 9.97 Å². The molecule has 2 nitrogen and oxygen atoms in total. The van der Waals surface area contributed by atoms with Gasteiger partial charge in [0.25, 0.3) is 0 Å². The molecule has 0 radical (unpaired) electrons. The van der Waals surface area contributed by atoms with Gasteiger partial charge in [-0.2, -0.15) is 0 Å². The van der Waals surface area contributed by atoms with E-state index in [9.17, 15) is 8.78 Å². The second kappa shape index (κ2) is 3.75. The lowest BCUT2D eigenvalue weighted by molar-refractivity contribution is 0.203. The van der Waals surface area contributed by atoms with Crippen LogP contribution in [0.15, 0.2) is 0 Å². The molecule has 0 spiro atoms. The molecule has 0 bridgehead atoms. The molecule has 0 fully saturated rings. The second-order valence-corrected chi connectivity index (χ2v) is 5.52. The Morgan fingerprint density at radius 2 is 1.50 bits per heavy atom. The fourth-order valence-electron chi connectivity index (χ4n) is 1.29. The highest BCUT2D eigenvalue weighted by atomic mass is 19.1. The maximum absolute atomic E-state index is 13.8. The van der Waals surface area contributed by atoms with E-state index in [0.29, 0.717) is 5.82 Å². The molecule has 0 N–H and O–H groups in total. The fourth-order valence-corrected chi connectivity index (χ4v) is 1.29. The monoisotopic (exact) mass is 228 g/mol. The Morgan fingerprint density at radius 3 is 1.88 bits per heavy atom. The molecule has 0 aliphatic carbocycles. The topological polar surface area (TPSA) is 25.8 Å². The van der Waals surface area contributed by atoms with Crippen molar-refractivity contribution in [3.05, 3.63) is 23.0 Å². The molecule has 1 aromatic heterocycles. The molecule has 0 aliphatic heterocycles. The standard InChI is InChI=1S/C12H18F2N2/c1-7-8(13)9(12(5,6)14)16-10(15-7)11(2,3)4/h1-6H3. The molecule has 1 heterocycles. The van der Waals surface area contributed by atoms with E-state index >= 15 is 0 Å². The summed E-state index contributed by atoms with van der Waals surface area (Å²) in [5.41, 5.74) is -2.08. The van der Waals surface area contributed by atoms with Gasteiger partial charge in [0.2, 0.25) is 0 Å². The zero-order valence-corrected chi connectivity index (χ0v) is 10.7. The maximum Gasteiger partial charge on any atom is 0.169 e. The first-order valence-corrected chi connectivity index (χ1v) is 5.27. The largest absolute Gasteiger partial charge is 0.237 e. The number of alkyl halides is 1. The Bertz CT molecular complexity index is 401. The molecule has 0 unspecified atom stereocenters. The van der Waals surface area contributed by atoms with E-state index in [-0.39, 0.29) is 16.8 Å². The van der Waals surface area contributed by atoms with E-state index in [2.05, 4.69) is 9.97 Å². The number of hydrogen-bond donors (Lipinski definition) is 0. The first kappa shape index (κ1) is 13.0. The fraction of sp³-hybridized carbons (Fsp3) is 0.667. The van der Waals surface area contributed by atoms with Crippen LogP contribution in [0, 0.1) is 12.7 Å². The Morgan fingerprint density at radius 1 is 1.00 bits per heavy atom. The van der Waals surface area contributed by atoms with Crippen molar-refractivity contribution in [2.75, 3.05) is 0 Å². The van der Waals surface area contributed by atoms with Gasteiger partial charge in [0.05, 0.1) is 5.69 Å². The third-order valence-electron chi connectivity index (χ3n) is 2.25. The predicted octanol–water partition coefficient (Wildman–Crippen LogP) is 3.43. The number of hydrogen-bond acceptors (Lipinski definition) is 2. The predicted molar refractivity (Wildman–Crippen MR) is 59.6 cm³/mol. The van der Waals surface area contributed by atoms with Crippen LogP contribution in [-0.2, 0) is 11.1 Å². The molecule has 0 aromatic carbocycles. The second-order valence-electron chi connectivity index (χ2n) is 5.52. The summed E-state index contributed by atoms with van der Waals surface area (Å²) in [4.78, 5) is 8.08. The summed E-state index contributed by atoms with van der Waals surface area (Å²) in [6.45, 7) is 9.86. The van der Waals surface area contributed by atoms with Crippen molar-refractivity contribution in [1.29, 1.82) is 0 Å². The average Bonchev–Trinajstić information content (AvgIpc) is 2.05. The third kappa shape index (κ3) is 2.54. The van der Waals surface area contributed by atoms with Gasteiger partial charge >= 0.3 is 0 Å². The highest BCUT2D eigenvalue weighted by Crippen LogP contribution is 2.28. The summed E-state index contributed by atoms with van der Waals surface area (Å²) in [5, 5.41) is 0. The lowest BCUT2D eigenvalue weighted by atomic mass is 9.94. The quantitative estimate of drug-likeness (QED) is 0.736. The van der Waals surface area contributed by atoms with Crippen LogP contribution < -0.4 is 0 Å². The molecule has 0 amide bonds. The van der Waals surface area contributed by atoms with Crippen LogP contribution in [0.5, 0.6) is 0 Å². The van der Waals surface area contributed by atoms with Crippen molar-refractivity contribution in [2.45, 2.75) is 52.6 Å². The highest BCUT2D eigenvalue weighted by Gasteiger charge is 2.30. The van der Waals surface area contributed by atoms with E-state index in [4.69, 9.17) is 0 Å². The Balaban J connectivity index is 3.46. The van der Waals surface area contributed by atoms with Crippen LogP contribution in [0.25, 0.3) is 0 Å². The van der Waals surface area contributed by atoms with Crippen LogP contribution in [0.2, 0.25) is 0 Å². The Labute approximate surface area is 95.1 Å². The van der Waals surface area contributed by atoms with Gasteiger partial charge in [0, 0.05) is 5.41 Å². The van der Waals surface area contributed by atoms with Gasteiger partial charge in [-0.05, 0) is 20.8 Å². The van der Waals surface area contributed by atoms with Crippen LogP contribution in [-0.4, -0.2) is 9.97 Å². The molecule has 4 heteroatoms. The minimum Gasteiger partial charge on any atom is -0.237 e. The maximum atomic E-state index is 13.8. The minimum absolute atomic E-state index is 0.162. The number of nitrogens with zero attached hydrogens (tertiary/aromatic N) is 2. The van der Waals surface area contributed by atoms with Crippen LogP contribution in [0.1, 0.15) is 51.8 Å². The molecule has 0 saturated heterocycles. The Kier molecular flexibility index (Phi) is 3.05. The van der Waals surface area contributed by atoms with E-state index in [1.807, 2.05) is 20.8 Å². The van der Waals surface area contributed by atoms with Gasteiger partial charge in [-0.3, -0.25) is 0 Å². The number of halogens is 2. The smallest absolute Gasteiger partial charge is 0.169 e. The van der Waals surface area contributed by atoms with Crippen molar-refractivity contribution in [2.24, 2.45) is 0 Å². The normalized spacial score (nSPS) is 13.0. The summed E-state index contributed by atoms with van der Waals surface area (Å²) in [5.74, 6) is -0.187. The molecule has 1 rings (SSSR count). The molecule has 0 atom stereocenters. The van der Waals surface area contributed by atoms with Gasteiger partial charge in [-0.25, -0.2) is 18.7 Å². The van der Waals surface area contributed by atoms with Gasteiger partial charge in [0.15, 0.2) is 5.82 Å². The van der Waals surface area contributed by atoms with Crippen LogP contribution in [0.3, 0.4) is 0 Å². The van der Waals surface area contributed by atoms with Crippen LogP contribution in [0.4, 0.5) is 8.78 Å². The van der Waals surface area contributed by atoms with Crippen LogP contribution >= 0.6 is 0 Å². The van der Waals surface area contributed by atoms with Gasteiger partial charge in [-0.1, -0.05) is 20.8 Å². The SMILES string of the molecule is Cc1nc(C(C)(C)C)nc(C(C)(C)F)c1F. The van der Waals surface area contributed by atoms with Gasteiger partial charge in [-0.15, -0.1) is 0 Å². The van der Waals surface area contributed by atoms with E-state index < -0.39 is 11.5 Å². The summed E-state index contributed by atoms with van der Waals surface area (Å²) in [6, 6.07) is 0. The summed E-state index contributed by atoms with van der Waals surface area (Å²) >= 11 is 0. The third-order valence-corrected chi connectivity index (χ3v) is 2.25. The van der Waals surface area contributed by atoms with E-state index in [1.54, 1.807) is 0 Å². The highest BCUT2D eigenvalue weighted by molar-refractivity contribution is 5.20. The zero-order chi connectivity index (χ0) is 12.7. The number of aromatic nitrogens is 2. The first-order valence-electron chi connectivity index (χ1n) is 5.27. The summed E-state index contributed by atoms with van der Waals surface area (Å²) in [6.07, 6.45) is 0. The summed E-state index contributed by atoms with van der Waals surface area (Å²) < 4.78 is 27.5. The lowest BCUT2D eigenvalue weighted by Crippen LogP contribution is -2.23. The number of aryl methyl sites for hydroxylation is 1. The average molecular weight is 228 g/mol. The molecule has 16 heavy (non-hydrogen) atoms. The molecular formula is C12H18F2N2. The zero-order valence-electron chi connectivity index (χ0n) is 10.7. The number of rotatable bonds is 1. The van der Waals surface area contributed by atoms with Crippen molar-refractivity contribution < 1.29 is 8.78 Å². The molecule has 0 aliphatic rings. The molecule has 0 saturated carbocycles. The van der Waals surface area contributed by atoms with Crippen molar-refractivity contribution >= 4 is 0 Å². The summed E-state index contributed by atoms with van der Waals surface area (Å²) in [7, 11) is 0. The minimum atomic E-state index is -1.79.